The second kappa shape index (κ2) is 4.60. The number of rotatable bonds is 5. The molecular weight excluding hydrogens is 212 g/mol. The average Bonchev–Trinajstić information content (AvgIpc) is 1.86. The molecule has 0 aromatic carbocycles. The molecule has 0 atom stereocenters. The van der Waals surface area contributed by atoms with Gasteiger partial charge in [0.1, 0.15) is 0 Å². The van der Waals surface area contributed by atoms with E-state index in [1.165, 1.54) is 0 Å². The molecule has 0 aromatic heterocycles. The zero-order valence-electron chi connectivity index (χ0n) is 6.23. The summed E-state index contributed by atoms with van der Waals surface area (Å²) in [5.74, 6) is -8.43. The van der Waals surface area contributed by atoms with Crippen molar-refractivity contribution in [1.82, 2.24) is 0 Å². The van der Waals surface area contributed by atoms with Crippen LogP contribution in [0.3, 0.4) is 0 Å². The molecule has 0 N–H and O–H groups in total. The van der Waals surface area contributed by atoms with Gasteiger partial charge in [-0.2, -0.15) is 42.8 Å². The van der Waals surface area contributed by atoms with Crippen LogP contribution in [-0.2, 0) is 0 Å². The zero-order chi connectivity index (χ0) is 9.83. The Labute approximate surface area is 79.5 Å². The molecule has 0 nitrogen and oxygen atoms in total. The number of thiol groups is 2. The van der Waals surface area contributed by atoms with Crippen LogP contribution < -0.4 is 0 Å². The number of hydrogen-bond donors (Lipinski definition) is 2. The van der Waals surface area contributed by atoms with Crippen LogP contribution >= 0.6 is 25.3 Å². The molecule has 0 saturated carbocycles. The van der Waals surface area contributed by atoms with Crippen molar-refractivity contribution in [3.05, 3.63) is 0 Å². The molecule has 0 aliphatic rings. The van der Waals surface area contributed by atoms with Gasteiger partial charge in [-0.05, 0) is 11.5 Å². The van der Waals surface area contributed by atoms with E-state index in [-0.39, 0.29) is 11.5 Å². The van der Waals surface area contributed by atoms with Crippen LogP contribution in [0.4, 0.5) is 17.6 Å². The van der Waals surface area contributed by atoms with Crippen molar-refractivity contribution in [2.45, 2.75) is 24.7 Å². The first kappa shape index (κ1) is 12.4. The van der Waals surface area contributed by atoms with E-state index in [1.807, 2.05) is 0 Å². The van der Waals surface area contributed by atoms with Gasteiger partial charge in [-0.1, -0.05) is 0 Å². The number of alkyl halides is 4. The third kappa shape index (κ3) is 3.05. The van der Waals surface area contributed by atoms with Gasteiger partial charge in [0.25, 0.3) is 0 Å². The molecule has 0 saturated heterocycles. The van der Waals surface area contributed by atoms with Crippen molar-refractivity contribution in [2.24, 2.45) is 0 Å². The van der Waals surface area contributed by atoms with Crippen LogP contribution in [0.5, 0.6) is 0 Å². The molecule has 0 spiro atoms. The van der Waals surface area contributed by atoms with Crippen LogP contribution in [0.2, 0.25) is 0 Å². The molecule has 0 rings (SSSR count). The fourth-order valence-corrected chi connectivity index (χ4v) is 1.21. The largest absolute Gasteiger partial charge is 0.311 e. The molecule has 6 heteroatoms. The standard InChI is InChI=1S/C6H10F4S2/c7-5(8,1-3-11)6(9,10)2-4-12/h11-12H,1-4H2. The van der Waals surface area contributed by atoms with Gasteiger partial charge >= 0.3 is 11.8 Å². The Morgan fingerprint density at radius 1 is 0.750 bits per heavy atom. The summed E-state index contributed by atoms with van der Waals surface area (Å²) in [7, 11) is 0. The zero-order valence-corrected chi connectivity index (χ0v) is 8.02. The average molecular weight is 222 g/mol. The fraction of sp³-hybridized carbons (Fsp3) is 1.00. The van der Waals surface area contributed by atoms with E-state index in [4.69, 9.17) is 0 Å². The lowest BCUT2D eigenvalue weighted by atomic mass is 10.1. The summed E-state index contributed by atoms with van der Waals surface area (Å²) >= 11 is 6.96. The summed E-state index contributed by atoms with van der Waals surface area (Å²) < 4.78 is 50.2. The lowest BCUT2D eigenvalue weighted by Gasteiger charge is -2.25. The summed E-state index contributed by atoms with van der Waals surface area (Å²) in [5.41, 5.74) is 0. The molecule has 0 amide bonds. The highest BCUT2D eigenvalue weighted by atomic mass is 32.1. The first-order chi connectivity index (χ1) is 5.37. The Morgan fingerprint density at radius 3 is 1.17 bits per heavy atom. The van der Waals surface area contributed by atoms with Crippen molar-refractivity contribution < 1.29 is 17.6 Å². The SMILES string of the molecule is FC(F)(CCS)C(F)(F)CCS. The van der Waals surface area contributed by atoms with Gasteiger partial charge in [0.2, 0.25) is 0 Å². The molecule has 0 aromatic rings. The van der Waals surface area contributed by atoms with Crippen molar-refractivity contribution in [1.29, 1.82) is 0 Å². The van der Waals surface area contributed by atoms with Gasteiger partial charge in [-0.25, -0.2) is 0 Å². The molecule has 0 heterocycles. The maximum atomic E-state index is 12.6. The Hall–Kier alpha value is 0.420. The summed E-state index contributed by atoms with van der Waals surface area (Å²) in [5, 5.41) is 0. The third-order valence-electron chi connectivity index (χ3n) is 1.39. The van der Waals surface area contributed by atoms with Gasteiger partial charge in [-0.3, -0.25) is 0 Å². The van der Waals surface area contributed by atoms with Crippen LogP contribution in [0.15, 0.2) is 0 Å². The fourth-order valence-electron chi connectivity index (χ4n) is 0.647. The van der Waals surface area contributed by atoms with E-state index in [0.717, 1.165) is 0 Å². The number of hydrogen-bond acceptors (Lipinski definition) is 2. The summed E-state index contributed by atoms with van der Waals surface area (Å²) in [6.07, 6.45) is -1.81. The van der Waals surface area contributed by atoms with Gasteiger partial charge < -0.3 is 0 Å². The first-order valence-electron chi connectivity index (χ1n) is 3.35. The Bertz CT molecular complexity index is 122. The highest BCUT2D eigenvalue weighted by molar-refractivity contribution is 7.80. The van der Waals surface area contributed by atoms with Crippen molar-refractivity contribution in [3.8, 4) is 0 Å². The lowest BCUT2D eigenvalue weighted by molar-refractivity contribution is -0.209. The second-order valence-electron chi connectivity index (χ2n) is 2.36. The maximum absolute atomic E-state index is 12.6. The molecule has 74 valence electrons. The van der Waals surface area contributed by atoms with Crippen molar-refractivity contribution in [2.75, 3.05) is 11.5 Å². The monoisotopic (exact) mass is 222 g/mol. The third-order valence-corrected chi connectivity index (χ3v) is 1.83. The minimum atomic E-state index is -3.96. The minimum Gasteiger partial charge on any atom is -0.200 e. The van der Waals surface area contributed by atoms with E-state index >= 15 is 0 Å². The van der Waals surface area contributed by atoms with Crippen LogP contribution in [0.25, 0.3) is 0 Å². The van der Waals surface area contributed by atoms with Crippen molar-refractivity contribution in [3.63, 3.8) is 0 Å². The van der Waals surface area contributed by atoms with E-state index in [0.29, 0.717) is 0 Å². The molecule has 0 aliphatic carbocycles. The smallest absolute Gasteiger partial charge is 0.200 e. The Kier molecular flexibility index (Phi) is 4.76. The van der Waals surface area contributed by atoms with E-state index in [9.17, 15) is 17.6 Å². The molecule has 0 fully saturated rings. The van der Waals surface area contributed by atoms with Gasteiger partial charge in [0.05, 0.1) is 0 Å². The van der Waals surface area contributed by atoms with Gasteiger partial charge in [0.15, 0.2) is 0 Å². The summed E-state index contributed by atoms with van der Waals surface area (Å²) in [6.45, 7) is 0. The highest BCUT2D eigenvalue weighted by Crippen LogP contribution is 2.39. The predicted octanol–water partition coefficient (Wildman–Crippen LogP) is 2.90. The summed E-state index contributed by atoms with van der Waals surface area (Å²) in [4.78, 5) is 0. The summed E-state index contributed by atoms with van der Waals surface area (Å²) in [6, 6.07) is 0. The van der Waals surface area contributed by atoms with Gasteiger partial charge in [0, 0.05) is 12.8 Å². The predicted molar refractivity (Wildman–Crippen MR) is 46.8 cm³/mol. The molecule has 0 bridgehead atoms. The highest BCUT2D eigenvalue weighted by Gasteiger charge is 2.54. The van der Waals surface area contributed by atoms with Gasteiger partial charge in [-0.15, -0.1) is 0 Å². The van der Waals surface area contributed by atoms with Crippen LogP contribution in [0, 0.1) is 0 Å². The second-order valence-corrected chi connectivity index (χ2v) is 3.25. The molecule has 0 unspecified atom stereocenters. The Balaban J connectivity index is 4.28. The molecule has 0 aliphatic heterocycles. The topological polar surface area (TPSA) is 0 Å². The molecule has 12 heavy (non-hydrogen) atoms. The Morgan fingerprint density at radius 2 is 1.00 bits per heavy atom. The van der Waals surface area contributed by atoms with Crippen LogP contribution in [-0.4, -0.2) is 23.4 Å². The number of halogens is 4. The molecule has 0 radical (unpaired) electrons. The van der Waals surface area contributed by atoms with E-state index in [1.54, 1.807) is 0 Å². The molecular formula is C6H10F4S2. The first-order valence-corrected chi connectivity index (χ1v) is 4.61. The maximum Gasteiger partial charge on any atom is 0.311 e. The van der Waals surface area contributed by atoms with E-state index in [2.05, 4.69) is 25.3 Å². The van der Waals surface area contributed by atoms with Crippen molar-refractivity contribution >= 4 is 25.3 Å². The normalized spacial score (nSPS) is 13.5. The lowest BCUT2D eigenvalue weighted by Crippen LogP contribution is -2.41. The van der Waals surface area contributed by atoms with E-state index < -0.39 is 24.7 Å². The quantitative estimate of drug-likeness (QED) is 0.518. The van der Waals surface area contributed by atoms with Crippen LogP contribution in [0.1, 0.15) is 12.8 Å². The minimum absolute atomic E-state index is 0.255.